The smallest absolute Gasteiger partial charge is 0.0469 e. The number of hydrogen-bond acceptors (Lipinski definition) is 0. The van der Waals surface area contributed by atoms with E-state index in [0.717, 1.165) is 12.8 Å². The van der Waals surface area contributed by atoms with Crippen LogP contribution in [0.1, 0.15) is 45.4 Å². The van der Waals surface area contributed by atoms with Crippen molar-refractivity contribution in [2.24, 2.45) is 0 Å². The van der Waals surface area contributed by atoms with Crippen LogP contribution in [-0.2, 0) is 11.8 Å². The van der Waals surface area contributed by atoms with Crippen LogP contribution in [0.25, 0.3) is 77.7 Å². The molecule has 0 amide bonds. The fourth-order valence-electron chi connectivity index (χ4n) is 10.8. The summed E-state index contributed by atoms with van der Waals surface area (Å²) in [6.07, 6.45) is 4.52. The first-order valence-corrected chi connectivity index (χ1v) is 21.5. The molecule has 2 aliphatic carbocycles. The molecule has 0 heterocycles. The lowest BCUT2D eigenvalue weighted by molar-refractivity contribution is 0.626. The third-order valence-electron chi connectivity index (χ3n) is 13.5. The molecule has 1 spiro atoms. The molecular weight excluding hydrogens is 733 g/mol. The minimum absolute atomic E-state index is 0.112. The van der Waals surface area contributed by atoms with E-state index in [0.29, 0.717) is 0 Å². The second kappa shape index (κ2) is 14.3. The SMILES string of the molecule is C(=C(c1ccccc1)c1ccccc1)c1ccc(-c2c3ccccc3c(-c3cccc(-c4ccc5c(c4)C4(CCc6ccccc64)c4ccccc4-5)c3)c3ccccc23)cc1. The highest BCUT2D eigenvalue weighted by Gasteiger charge is 2.48. The minimum Gasteiger partial charge on any atom is -0.0622 e. The van der Waals surface area contributed by atoms with Gasteiger partial charge in [-0.05, 0) is 142 Å². The largest absolute Gasteiger partial charge is 0.0622 e. The summed E-state index contributed by atoms with van der Waals surface area (Å²) in [4.78, 5) is 0. The minimum atomic E-state index is -0.112. The van der Waals surface area contributed by atoms with Crippen molar-refractivity contribution in [2.75, 3.05) is 0 Å². The van der Waals surface area contributed by atoms with Crippen LogP contribution >= 0.6 is 0 Å². The van der Waals surface area contributed by atoms with Gasteiger partial charge in [-0.3, -0.25) is 0 Å². The van der Waals surface area contributed by atoms with Crippen molar-refractivity contribution >= 4 is 33.2 Å². The van der Waals surface area contributed by atoms with Crippen LogP contribution in [0.5, 0.6) is 0 Å². The fourth-order valence-corrected chi connectivity index (χ4v) is 10.8. The average molecular weight is 775 g/mol. The van der Waals surface area contributed by atoms with Crippen molar-refractivity contribution < 1.29 is 0 Å². The lowest BCUT2D eigenvalue weighted by Crippen LogP contribution is -2.23. The molecule has 61 heavy (non-hydrogen) atoms. The molecule has 0 bridgehead atoms. The highest BCUT2D eigenvalue weighted by molar-refractivity contribution is 6.21. The molecule has 10 aromatic carbocycles. The van der Waals surface area contributed by atoms with Gasteiger partial charge in [0.2, 0.25) is 0 Å². The second-order valence-electron chi connectivity index (χ2n) is 16.7. The predicted molar refractivity (Wildman–Crippen MR) is 258 cm³/mol. The number of benzene rings is 10. The van der Waals surface area contributed by atoms with Crippen molar-refractivity contribution in [3.05, 3.63) is 263 Å². The molecule has 0 saturated heterocycles. The summed E-state index contributed by atoms with van der Waals surface area (Å²) >= 11 is 0. The Morgan fingerprint density at radius 3 is 1.54 bits per heavy atom. The van der Waals surface area contributed by atoms with Gasteiger partial charge < -0.3 is 0 Å². The Morgan fingerprint density at radius 1 is 0.361 bits per heavy atom. The van der Waals surface area contributed by atoms with Crippen molar-refractivity contribution in [3.8, 4) is 44.5 Å². The van der Waals surface area contributed by atoms with Crippen molar-refractivity contribution in [1.82, 2.24) is 0 Å². The van der Waals surface area contributed by atoms with Crippen molar-refractivity contribution in [1.29, 1.82) is 0 Å². The van der Waals surface area contributed by atoms with Gasteiger partial charge in [-0.1, -0.05) is 212 Å². The van der Waals surface area contributed by atoms with E-state index >= 15 is 0 Å². The van der Waals surface area contributed by atoms with Gasteiger partial charge in [0.1, 0.15) is 0 Å². The number of fused-ring (bicyclic) bond motifs is 9. The van der Waals surface area contributed by atoms with Crippen LogP contribution in [0.15, 0.2) is 224 Å². The monoisotopic (exact) mass is 774 g/mol. The third kappa shape index (κ3) is 5.67. The quantitative estimate of drug-likeness (QED) is 0.117. The molecule has 0 saturated carbocycles. The maximum Gasteiger partial charge on any atom is 0.0469 e. The van der Waals surface area contributed by atoms with Crippen LogP contribution in [-0.4, -0.2) is 0 Å². The number of rotatable bonds is 6. The van der Waals surface area contributed by atoms with Crippen LogP contribution in [0.3, 0.4) is 0 Å². The average Bonchev–Trinajstić information content (AvgIpc) is 3.86. The van der Waals surface area contributed by atoms with Gasteiger partial charge in [-0.25, -0.2) is 0 Å². The molecule has 1 unspecified atom stereocenters. The molecule has 0 nitrogen and oxygen atoms in total. The third-order valence-corrected chi connectivity index (χ3v) is 13.5. The van der Waals surface area contributed by atoms with E-state index in [4.69, 9.17) is 0 Å². The molecule has 12 rings (SSSR count). The van der Waals surface area contributed by atoms with Crippen LogP contribution in [0, 0.1) is 0 Å². The predicted octanol–water partition coefficient (Wildman–Crippen LogP) is 15.8. The molecule has 1 atom stereocenters. The molecule has 2 aliphatic rings. The topological polar surface area (TPSA) is 0 Å². The summed E-state index contributed by atoms with van der Waals surface area (Å²) in [7, 11) is 0. The highest BCUT2D eigenvalue weighted by atomic mass is 14.5. The lowest BCUT2D eigenvalue weighted by atomic mass is 9.73. The maximum atomic E-state index is 2.51. The summed E-state index contributed by atoms with van der Waals surface area (Å²) < 4.78 is 0. The Balaban J connectivity index is 0.975. The molecule has 0 fully saturated rings. The first kappa shape index (κ1) is 35.4. The van der Waals surface area contributed by atoms with E-state index in [1.165, 1.54) is 111 Å². The Kier molecular flexibility index (Phi) is 8.32. The van der Waals surface area contributed by atoms with Gasteiger partial charge in [-0.2, -0.15) is 0 Å². The zero-order chi connectivity index (χ0) is 40.3. The molecule has 0 aromatic heterocycles. The molecule has 0 radical (unpaired) electrons. The molecule has 10 aromatic rings. The number of hydrogen-bond donors (Lipinski definition) is 0. The highest BCUT2D eigenvalue weighted by Crippen LogP contribution is 2.59. The summed E-state index contributed by atoms with van der Waals surface area (Å²) in [6.45, 7) is 0. The van der Waals surface area contributed by atoms with Crippen LogP contribution in [0.2, 0.25) is 0 Å². The zero-order valence-electron chi connectivity index (χ0n) is 33.9. The maximum absolute atomic E-state index is 2.51. The molecule has 0 aliphatic heterocycles. The Hall–Kier alpha value is -7.54. The summed E-state index contributed by atoms with van der Waals surface area (Å²) in [6, 6.07) is 83.2. The normalized spacial score (nSPS) is 14.8. The van der Waals surface area contributed by atoms with Crippen LogP contribution < -0.4 is 0 Å². The van der Waals surface area contributed by atoms with Gasteiger partial charge in [0, 0.05) is 5.41 Å². The van der Waals surface area contributed by atoms with Crippen molar-refractivity contribution in [2.45, 2.75) is 18.3 Å². The first-order valence-electron chi connectivity index (χ1n) is 21.5. The van der Waals surface area contributed by atoms with Gasteiger partial charge in [0.15, 0.2) is 0 Å². The van der Waals surface area contributed by atoms with Gasteiger partial charge >= 0.3 is 0 Å². The van der Waals surface area contributed by atoms with E-state index < -0.39 is 0 Å². The Bertz CT molecular complexity index is 3230. The summed E-state index contributed by atoms with van der Waals surface area (Å²) in [5.41, 5.74) is 20.8. The Labute approximate surface area is 357 Å². The molecular formula is C61H42. The van der Waals surface area contributed by atoms with Crippen molar-refractivity contribution in [3.63, 3.8) is 0 Å². The van der Waals surface area contributed by atoms with E-state index in [-0.39, 0.29) is 5.41 Å². The Morgan fingerprint density at radius 2 is 0.869 bits per heavy atom. The van der Waals surface area contributed by atoms with E-state index in [1.807, 2.05) is 0 Å². The summed E-state index contributed by atoms with van der Waals surface area (Å²) in [5, 5.41) is 5.05. The lowest BCUT2D eigenvalue weighted by Gasteiger charge is -2.29. The second-order valence-corrected chi connectivity index (χ2v) is 16.7. The van der Waals surface area contributed by atoms with Gasteiger partial charge in [0.25, 0.3) is 0 Å². The zero-order valence-corrected chi connectivity index (χ0v) is 33.9. The molecule has 0 N–H and O–H groups in total. The molecule has 286 valence electrons. The molecule has 0 heteroatoms. The van der Waals surface area contributed by atoms with E-state index in [1.54, 1.807) is 0 Å². The standard InChI is InChI=1S/C61H42/c1-3-16-42(17-4-1)55(43-18-5-2-6-19-43)38-41-30-32-45(33-31-41)59-51-24-8-10-26-53(51)60(54-27-11-9-25-52(54)59)48-22-15-21-46(39-48)47-34-35-50-49-23-12-14-29-57(49)61(58(50)40-47)37-36-44-20-7-13-28-56(44)61/h1-35,38-40H,36-37H2. The van der Waals surface area contributed by atoms with Crippen LogP contribution in [0.4, 0.5) is 0 Å². The first-order chi connectivity index (χ1) is 30.2. The fraction of sp³-hybridized carbons (Fsp3) is 0.0492. The van der Waals surface area contributed by atoms with Gasteiger partial charge in [0.05, 0.1) is 0 Å². The number of aryl methyl sites for hydroxylation is 1. The van der Waals surface area contributed by atoms with E-state index in [2.05, 4.69) is 231 Å². The van der Waals surface area contributed by atoms with E-state index in [9.17, 15) is 0 Å². The van der Waals surface area contributed by atoms with Gasteiger partial charge in [-0.15, -0.1) is 0 Å². The summed E-state index contributed by atoms with van der Waals surface area (Å²) in [5.74, 6) is 0.